The SMILES string of the molecule is COc1cc([C@@H](Nc2ccc3c(N)nccc3c2)C(=O)N2CC[C@H](C(=O)OC(=O)C(F)(F)F)[C@@H]2c2ccccc2S(=O)(=O)C(C)C)ccc1F. The van der Waals surface area contributed by atoms with Gasteiger partial charge in [-0.25, -0.2) is 22.6 Å². The van der Waals surface area contributed by atoms with Gasteiger partial charge < -0.3 is 25.4 Å². The fourth-order valence-corrected chi connectivity index (χ4v) is 7.19. The highest BCUT2D eigenvalue weighted by Crippen LogP contribution is 2.43. The lowest BCUT2D eigenvalue weighted by Crippen LogP contribution is -2.40. The highest BCUT2D eigenvalue weighted by Gasteiger charge is 2.49. The van der Waals surface area contributed by atoms with Crippen molar-refractivity contribution in [3.05, 3.63) is 89.9 Å². The van der Waals surface area contributed by atoms with E-state index in [0.717, 1.165) is 11.0 Å². The summed E-state index contributed by atoms with van der Waals surface area (Å²) in [5, 5.41) is 3.45. The molecule has 50 heavy (non-hydrogen) atoms. The molecule has 264 valence electrons. The first-order valence-corrected chi connectivity index (χ1v) is 16.8. The molecule has 1 saturated heterocycles. The Hall–Kier alpha value is -5.25. The Morgan fingerprint density at radius 2 is 1.76 bits per heavy atom. The Kier molecular flexibility index (Phi) is 10.0. The van der Waals surface area contributed by atoms with E-state index in [1.165, 1.54) is 63.6 Å². The number of nitrogens with zero attached hydrogens (tertiary/aromatic N) is 2. The van der Waals surface area contributed by atoms with Crippen molar-refractivity contribution in [2.75, 3.05) is 24.7 Å². The molecule has 0 spiro atoms. The summed E-state index contributed by atoms with van der Waals surface area (Å²) in [6.45, 7) is 2.59. The average Bonchev–Trinajstić information content (AvgIpc) is 3.52. The van der Waals surface area contributed by atoms with Gasteiger partial charge in [-0.1, -0.05) is 24.3 Å². The van der Waals surface area contributed by atoms with Gasteiger partial charge in [0.05, 0.1) is 29.2 Å². The predicted octanol–water partition coefficient (Wildman–Crippen LogP) is 5.52. The number of halogens is 4. The largest absolute Gasteiger partial charge is 0.494 e. The monoisotopic (exact) mass is 716 g/mol. The number of hydrogen-bond donors (Lipinski definition) is 2. The number of sulfone groups is 1. The molecular formula is C34H32F4N4O7S. The number of pyridine rings is 1. The number of carbonyl (C=O) groups is 3. The third-order valence-corrected chi connectivity index (χ3v) is 10.7. The van der Waals surface area contributed by atoms with Crippen LogP contribution >= 0.6 is 0 Å². The molecule has 2 heterocycles. The van der Waals surface area contributed by atoms with Crippen molar-refractivity contribution < 1.29 is 49.8 Å². The number of nitrogen functional groups attached to an aromatic ring is 1. The van der Waals surface area contributed by atoms with Gasteiger partial charge in [-0.05, 0) is 79.2 Å². The molecule has 16 heteroatoms. The molecule has 1 aromatic heterocycles. The van der Waals surface area contributed by atoms with Crippen LogP contribution in [0.5, 0.6) is 5.75 Å². The third-order valence-electron chi connectivity index (χ3n) is 8.43. The van der Waals surface area contributed by atoms with E-state index < -0.39 is 62.9 Å². The normalized spacial score (nSPS) is 17.1. The predicted molar refractivity (Wildman–Crippen MR) is 174 cm³/mol. The van der Waals surface area contributed by atoms with Crippen LogP contribution in [0.2, 0.25) is 0 Å². The molecule has 0 saturated carbocycles. The third kappa shape index (κ3) is 7.06. The lowest BCUT2D eigenvalue weighted by Gasteiger charge is -2.33. The summed E-state index contributed by atoms with van der Waals surface area (Å²) in [4.78, 5) is 44.6. The van der Waals surface area contributed by atoms with Crippen molar-refractivity contribution in [3.63, 3.8) is 0 Å². The van der Waals surface area contributed by atoms with Gasteiger partial charge in [0, 0.05) is 23.8 Å². The average molecular weight is 717 g/mol. The van der Waals surface area contributed by atoms with Crippen LogP contribution in [-0.4, -0.2) is 61.2 Å². The van der Waals surface area contributed by atoms with Crippen molar-refractivity contribution >= 4 is 50.0 Å². The van der Waals surface area contributed by atoms with Gasteiger partial charge in [-0.3, -0.25) is 9.59 Å². The number of alkyl halides is 3. The Morgan fingerprint density at radius 3 is 2.44 bits per heavy atom. The van der Waals surface area contributed by atoms with Gasteiger partial charge in [0.25, 0.3) is 0 Å². The van der Waals surface area contributed by atoms with Crippen LogP contribution in [0.25, 0.3) is 10.8 Å². The molecule has 0 radical (unpaired) electrons. The van der Waals surface area contributed by atoms with E-state index in [4.69, 9.17) is 10.5 Å². The number of methoxy groups -OCH3 is 1. The number of nitrogens with two attached hydrogens (primary N) is 1. The van der Waals surface area contributed by atoms with E-state index >= 15 is 0 Å². The van der Waals surface area contributed by atoms with Crippen molar-refractivity contribution in [3.8, 4) is 5.75 Å². The summed E-state index contributed by atoms with van der Waals surface area (Å²) >= 11 is 0. The zero-order valence-electron chi connectivity index (χ0n) is 26.9. The fraction of sp³-hybridized carbons (Fsp3) is 0.294. The maximum atomic E-state index is 14.7. The Morgan fingerprint density at radius 1 is 1.04 bits per heavy atom. The summed E-state index contributed by atoms with van der Waals surface area (Å²) in [5.41, 5.74) is 6.53. The first kappa shape index (κ1) is 36.0. The summed E-state index contributed by atoms with van der Waals surface area (Å²) in [5.74, 6) is -7.32. The summed E-state index contributed by atoms with van der Waals surface area (Å²) in [6.07, 6.45) is -4.28. The fourth-order valence-electron chi connectivity index (χ4n) is 5.90. The van der Waals surface area contributed by atoms with Crippen LogP contribution in [0.15, 0.2) is 77.8 Å². The number of rotatable bonds is 9. The zero-order valence-corrected chi connectivity index (χ0v) is 27.7. The van der Waals surface area contributed by atoms with E-state index in [-0.39, 0.29) is 40.6 Å². The lowest BCUT2D eigenvalue weighted by atomic mass is 9.93. The Balaban J connectivity index is 1.64. The maximum absolute atomic E-state index is 14.7. The molecule has 3 N–H and O–H groups in total. The highest BCUT2D eigenvalue weighted by molar-refractivity contribution is 7.92. The first-order valence-electron chi connectivity index (χ1n) is 15.2. The topological polar surface area (TPSA) is 158 Å². The second kappa shape index (κ2) is 13.9. The molecule has 1 fully saturated rings. The van der Waals surface area contributed by atoms with Gasteiger partial charge in [0.15, 0.2) is 21.4 Å². The molecule has 1 aliphatic rings. The number of fused-ring (bicyclic) bond motifs is 1. The minimum atomic E-state index is -5.49. The molecule has 0 unspecified atom stereocenters. The van der Waals surface area contributed by atoms with E-state index in [1.54, 1.807) is 24.3 Å². The number of carbonyl (C=O) groups excluding carboxylic acids is 3. The van der Waals surface area contributed by atoms with Crippen LogP contribution in [0.3, 0.4) is 0 Å². The second-order valence-electron chi connectivity index (χ2n) is 11.8. The van der Waals surface area contributed by atoms with Gasteiger partial charge in [0.2, 0.25) is 5.91 Å². The molecule has 11 nitrogen and oxygen atoms in total. The lowest BCUT2D eigenvalue weighted by molar-refractivity contribution is -0.203. The van der Waals surface area contributed by atoms with E-state index in [0.29, 0.717) is 16.5 Å². The first-order chi connectivity index (χ1) is 23.5. The van der Waals surface area contributed by atoms with Crippen LogP contribution in [-0.2, 0) is 29.0 Å². The highest BCUT2D eigenvalue weighted by atomic mass is 32.2. The number of aromatic nitrogens is 1. The van der Waals surface area contributed by atoms with E-state index in [9.17, 15) is 40.4 Å². The molecule has 3 aromatic carbocycles. The quantitative estimate of drug-likeness (QED) is 0.128. The number of benzene rings is 3. The number of hydrogen-bond acceptors (Lipinski definition) is 10. The van der Waals surface area contributed by atoms with Crippen molar-refractivity contribution in [1.29, 1.82) is 0 Å². The summed E-state index contributed by atoms with van der Waals surface area (Å²) in [7, 11) is -2.84. The summed E-state index contributed by atoms with van der Waals surface area (Å²) in [6, 6.07) is 13.0. The molecule has 3 atom stereocenters. The Bertz CT molecular complexity index is 2070. The number of amides is 1. The molecule has 4 aromatic rings. The van der Waals surface area contributed by atoms with E-state index in [2.05, 4.69) is 15.0 Å². The Labute approximate surface area is 284 Å². The van der Waals surface area contributed by atoms with Crippen molar-refractivity contribution in [2.24, 2.45) is 5.92 Å². The molecule has 1 aliphatic heterocycles. The number of esters is 2. The van der Waals surface area contributed by atoms with Gasteiger partial charge in [-0.15, -0.1) is 0 Å². The molecule has 0 bridgehead atoms. The number of nitrogens with one attached hydrogen (secondary N) is 1. The van der Waals surface area contributed by atoms with Gasteiger partial charge in [-0.2, -0.15) is 13.2 Å². The van der Waals surface area contributed by atoms with E-state index in [1.807, 2.05) is 0 Å². The number of anilines is 2. The van der Waals surface area contributed by atoms with Crippen molar-refractivity contribution in [2.45, 2.75) is 48.7 Å². The van der Waals surface area contributed by atoms with Crippen LogP contribution < -0.4 is 15.8 Å². The maximum Gasteiger partial charge on any atom is 0.491 e. The van der Waals surface area contributed by atoms with Crippen LogP contribution in [0.4, 0.5) is 29.1 Å². The van der Waals surface area contributed by atoms with Crippen LogP contribution in [0.1, 0.15) is 43.5 Å². The van der Waals surface area contributed by atoms with Crippen molar-refractivity contribution in [1.82, 2.24) is 9.88 Å². The molecule has 5 rings (SSSR count). The zero-order chi connectivity index (χ0) is 36.5. The number of ether oxygens (including phenoxy) is 2. The van der Waals surface area contributed by atoms with Crippen LogP contribution in [0, 0.1) is 11.7 Å². The molecule has 1 amide bonds. The smallest absolute Gasteiger partial charge is 0.491 e. The van der Waals surface area contributed by atoms with Gasteiger partial charge >= 0.3 is 18.1 Å². The number of likely N-dealkylation sites (tertiary alicyclic amines) is 1. The second-order valence-corrected chi connectivity index (χ2v) is 14.3. The minimum absolute atomic E-state index is 0.0578. The molecule has 0 aliphatic carbocycles. The standard InChI is InChI=1S/C34H32F4N4O7S/c1-18(2)50(46,47)27-7-5-4-6-23(27)29-24(32(44)49-33(45)34(36,37)38)13-15-42(29)31(43)28(20-8-11-25(35)26(17-20)48-3)41-21-9-10-22-19(16-21)12-14-40-30(22)39/h4-12,14,16-18,24,28-29,41H,13,15H2,1-3H3,(H2,39,40)/t24-,28+,29-/m0/s1. The molecular weight excluding hydrogens is 684 g/mol. The minimum Gasteiger partial charge on any atom is -0.494 e. The summed E-state index contributed by atoms with van der Waals surface area (Å²) < 4.78 is 90.2. The van der Waals surface area contributed by atoms with Gasteiger partial charge in [0.1, 0.15) is 11.9 Å².